The van der Waals surface area contributed by atoms with Crippen LogP contribution < -0.4 is 10.2 Å². The summed E-state index contributed by atoms with van der Waals surface area (Å²) in [7, 11) is 0. The van der Waals surface area contributed by atoms with Gasteiger partial charge in [-0.3, -0.25) is 0 Å². The Morgan fingerprint density at radius 2 is 2.05 bits per heavy atom. The first kappa shape index (κ1) is 14.8. The van der Waals surface area contributed by atoms with Gasteiger partial charge in [-0.05, 0) is 43.9 Å². The van der Waals surface area contributed by atoms with E-state index < -0.39 is 0 Å². The molecule has 0 aliphatic carbocycles. The zero-order valence-electron chi connectivity index (χ0n) is 13.6. The second-order valence-electron chi connectivity index (χ2n) is 6.14. The van der Waals surface area contributed by atoms with E-state index in [1.54, 1.807) is 0 Å². The number of nitrogens with one attached hydrogen (secondary N) is 1. The number of aromatic nitrogens is 2. The minimum Gasteiger partial charge on any atom is -0.352 e. The van der Waals surface area contributed by atoms with Crippen molar-refractivity contribution >= 4 is 11.8 Å². The number of fused-ring (bicyclic) bond motifs is 1. The molecule has 2 aromatic rings. The van der Waals surface area contributed by atoms with Crippen LogP contribution in [0.25, 0.3) is 0 Å². The molecule has 3 rings (SSSR count). The summed E-state index contributed by atoms with van der Waals surface area (Å²) in [5.41, 5.74) is 2.86. The van der Waals surface area contributed by atoms with Gasteiger partial charge in [-0.25, -0.2) is 4.98 Å². The van der Waals surface area contributed by atoms with Crippen molar-refractivity contribution in [3.63, 3.8) is 0 Å². The normalized spacial score (nSPS) is 18.7. The summed E-state index contributed by atoms with van der Waals surface area (Å²) >= 11 is 0. The van der Waals surface area contributed by atoms with Crippen LogP contribution >= 0.6 is 0 Å². The number of benzene rings is 1. The third-order valence-electron chi connectivity index (χ3n) is 4.43. The molecule has 116 valence electrons. The predicted octanol–water partition coefficient (Wildman–Crippen LogP) is 3.64. The Balaban J connectivity index is 1.83. The van der Waals surface area contributed by atoms with Crippen LogP contribution in [0.4, 0.5) is 11.8 Å². The molecule has 0 amide bonds. The number of hydrogen-bond donors (Lipinski definition) is 1. The molecule has 0 unspecified atom stereocenters. The second-order valence-corrected chi connectivity index (χ2v) is 6.14. The summed E-state index contributed by atoms with van der Waals surface area (Å²) < 4.78 is 0. The van der Waals surface area contributed by atoms with Crippen LogP contribution in [0.2, 0.25) is 0 Å². The molecule has 2 atom stereocenters. The summed E-state index contributed by atoms with van der Waals surface area (Å²) in [6.07, 6.45) is 3.97. The minimum atomic E-state index is 0.384. The van der Waals surface area contributed by atoms with E-state index in [1.807, 2.05) is 12.3 Å². The Morgan fingerprint density at radius 1 is 1.27 bits per heavy atom. The standard InChI is InChI=1S/C18H24N4/c1-4-13(2)20-18-19-10-9-17(21-18)22-12-16-8-6-5-7-15(16)11-14(22)3/h5-10,13-14H,4,11-12H2,1-3H3,(H,19,20,21)/t13-,14-/m1/s1. The maximum absolute atomic E-state index is 4.71. The van der Waals surface area contributed by atoms with Crippen molar-refractivity contribution in [2.45, 2.75) is 52.2 Å². The lowest BCUT2D eigenvalue weighted by Crippen LogP contribution is -2.39. The van der Waals surface area contributed by atoms with Crippen LogP contribution in [0.3, 0.4) is 0 Å². The van der Waals surface area contributed by atoms with E-state index in [-0.39, 0.29) is 0 Å². The van der Waals surface area contributed by atoms with E-state index in [2.05, 4.69) is 60.2 Å². The van der Waals surface area contributed by atoms with Crippen molar-refractivity contribution < 1.29 is 0 Å². The largest absolute Gasteiger partial charge is 0.352 e. The monoisotopic (exact) mass is 296 g/mol. The summed E-state index contributed by atoms with van der Waals surface area (Å²) in [4.78, 5) is 11.4. The maximum atomic E-state index is 4.71. The molecule has 0 bridgehead atoms. The Kier molecular flexibility index (Phi) is 4.27. The van der Waals surface area contributed by atoms with Crippen LogP contribution in [-0.4, -0.2) is 22.1 Å². The quantitative estimate of drug-likeness (QED) is 0.935. The van der Waals surface area contributed by atoms with Gasteiger partial charge in [0.15, 0.2) is 0 Å². The first-order chi connectivity index (χ1) is 10.7. The number of anilines is 2. The first-order valence-corrected chi connectivity index (χ1v) is 8.10. The molecule has 4 heteroatoms. The molecule has 1 N–H and O–H groups in total. The van der Waals surface area contributed by atoms with Gasteiger partial charge in [-0.2, -0.15) is 4.98 Å². The van der Waals surface area contributed by atoms with E-state index >= 15 is 0 Å². The van der Waals surface area contributed by atoms with Crippen molar-refractivity contribution in [3.8, 4) is 0 Å². The summed E-state index contributed by atoms with van der Waals surface area (Å²) in [6.45, 7) is 7.48. The van der Waals surface area contributed by atoms with Gasteiger partial charge in [-0.1, -0.05) is 31.2 Å². The summed E-state index contributed by atoms with van der Waals surface area (Å²) in [5, 5.41) is 3.36. The molecular formula is C18H24N4. The average Bonchev–Trinajstić information content (AvgIpc) is 2.54. The van der Waals surface area contributed by atoms with Crippen LogP contribution in [0, 0.1) is 0 Å². The molecule has 0 saturated heterocycles. The fraction of sp³-hybridized carbons (Fsp3) is 0.444. The van der Waals surface area contributed by atoms with Crippen molar-refractivity contribution in [3.05, 3.63) is 47.7 Å². The molecule has 22 heavy (non-hydrogen) atoms. The van der Waals surface area contributed by atoms with Crippen LogP contribution in [0.5, 0.6) is 0 Å². The Labute approximate surface area is 132 Å². The van der Waals surface area contributed by atoms with Crippen LogP contribution in [0.1, 0.15) is 38.3 Å². The minimum absolute atomic E-state index is 0.384. The molecule has 1 aliphatic heterocycles. The van der Waals surface area contributed by atoms with Gasteiger partial charge in [0, 0.05) is 24.8 Å². The van der Waals surface area contributed by atoms with Crippen molar-refractivity contribution in [1.29, 1.82) is 0 Å². The molecule has 0 fully saturated rings. The molecule has 4 nitrogen and oxygen atoms in total. The van der Waals surface area contributed by atoms with Gasteiger partial charge >= 0.3 is 0 Å². The third-order valence-corrected chi connectivity index (χ3v) is 4.43. The smallest absolute Gasteiger partial charge is 0.224 e. The number of nitrogens with zero attached hydrogens (tertiary/aromatic N) is 3. The summed E-state index contributed by atoms with van der Waals surface area (Å²) in [6, 6.07) is 11.5. The Hall–Kier alpha value is -2.10. The van der Waals surface area contributed by atoms with Crippen LogP contribution in [0.15, 0.2) is 36.5 Å². The molecule has 0 spiro atoms. The van der Waals surface area contributed by atoms with E-state index in [4.69, 9.17) is 4.98 Å². The number of rotatable bonds is 4. The second kappa shape index (κ2) is 6.34. The molecule has 1 aromatic carbocycles. The molecular weight excluding hydrogens is 272 g/mol. The van der Waals surface area contributed by atoms with Gasteiger partial charge in [0.05, 0.1) is 0 Å². The van der Waals surface area contributed by atoms with E-state index in [0.29, 0.717) is 12.1 Å². The highest BCUT2D eigenvalue weighted by molar-refractivity contribution is 5.47. The highest BCUT2D eigenvalue weighted by Crippen LogP contribution is 2.27. The molecule has 0 saturated carbocycles. The van der Waals surface area contributed by atoms with Gasteiger partial charge in [-0.15, -0.1) is 0 Å². The van der Waals surface area contributed by atoms with Gasteiger partial charge < -0.3 is 10.2 Å². The first-order valence-electron chi connectivity index (χ1n) is 8.10. The maximum Gasteiger partial charge on any atom is 0.224 e. The van der Waals surface area contributed by atoms with Crippen LogP contribution in [-0.2, 0) is 13.0 Å². The Morgan fingerprint density at radius 3 is 2.82 bits per heavy atom. The summed E-state index contributed by atoms with van der Waals surface area (Å²) in [5.74, 6) is 1.72. The van der Waals surface area contributed by atoms with Gasteiger partial charge in [0.2, 0.25) is 5.95 Å². The SMILES string of the molecule is CC[C@@H](C)Nc1nccc(N2Cc3ccccc3C[C@H]2C)n1. The highest BCUT2D eigenvalue weighted by Gasteiger charge is 2.23. The topological polar surface area (TPSA) is 41.1 Å². The third kappa shape index (κ3) is 3.06. The molecule has 2 heterocycles. The lowest BCUT2D eigenvalue weighted by Gasteiger charge is -2.36. The van der Waals surface area contributed by atoms with Crippen molar-refractivity contribution in [1.82, 2.24) is 9.97 Å². The van der Waals surface area contributed by atoms with Crippen molar-refractivity contribution in [2.75, 3.05) is 10.2 Å². The van der Waals surface area contributed by atoms with Crippen molar-refractivity contribution in [2.24, 2.45) is 0 Å². The number of hydrogen-bond acceptors (Lipinski definition) is 4. The fourth-order valence-electron chi connectivity index (χ4n) is 2.89. The van der Waals surface area contributed by atoms with E-state index in [9.17, 15) is 0 Å². The highest BCUT2D eigenvalue weighted by atomic mass is 15.2. The molecule has 1 aliphatic rings. The predicted molar refractivity (Wildman–Crippen MR) is 91.2 cm³/mol. The van der Waals surface area contributed by atoms with Gasteiger partial charge in [0.1, 0.15) is 5.82 Å². The van der Waals surface area contributed by atoms with E-state index in [1.165, 1.54) is 11.1 Å². The van der Waals surface area contributed by atoms with Gasteiger partial charge in [0.25, 0.3) is 0 Å². The fourth-order valence-corrected chi connectivity index (χ4v) is 2.89. The zero-order chi connectivity index (χ0) is 15.5. The lowest BCUT2D eigenvalue weighted by atomic mass is 9.95. The lowest BCUT2D eigenvalue weighted by molar-refractivity contribution is 0.586. The van der Waals surface area contributed by atoms with E-state index in [0.717, 1.165) is 31.2 Å². The molecule has 0 radical (unpaired) electrons. The molecule has 1 aromatic heterocycles. The Bertz CT molecular complexity index is 640. The zero-order valence-corrected chi connectivity index (χ0v) is 13.6. The average molecular weight is 296 g/mol.